The fraction of sp³-hybridized carbons (Fsp3) is 0.333. The van der Waals surface area contributed by atoms with E-state index in [1.54, 1.807) is 6.08 Å². The third kappa shape index (κ3) is 4.32. The Hall–Kier alpha value is -2.24. The van der Waals surface area contributed by atoms with Gasteiger partial charge in [0.15, 0.2) is 0 Å². The standard InChI is InChI=1S/C12H14N2O4/c1-10(14(17)18)12(9-13(15)16)8-7-11-5-3-2-4-6-11/h2-8,10,12H,9H2,1H3/b8-7+/t10-,12-/m1/s1. The molecule has 2 atom stereocenters. The van der Waals surface area contributed by atoms with Crippen molar-refractivity contribution >= 4 is 6.08 Å². The topological polar surface area (TPSA) is 86.3 Å². The van der Waals surface area contributed by atoms with E-state index in [1.807, 2.05) is 30.3 Å². The van der Waals surface area contributed by atoms with Crippen LogP contribution >= 0.6 is 0 Å². The highest BCUT2D eigenvalue weighted by atomic mass is 16.6. The molecule has 0 aliphatic rings. The zero-order valence-corrected chi connectivity index (χ0v) is 9.93. The molecule has 0 saturated heterocycles. The van der Waals surface area contributed by atoms with Crippen molar-refractivity contribution in [3.63, 3.8) is 0 Å². The van der Waals surface area contributed by atoms with Crippen LogP contribution in [-0.4, -0.2) is 22.4 Å². The lowest BCUT2D eigenvalue weighted by Crippen LogP contribution is -2.29. The van der Waals surface area contributed by atoms with Gasteiger partial charge in [-0.25, -0.2) is 0 Å². The van der Waals surface area contributed by atoms with Crippen LogP contribution in [0.2, 0.25) is 0 Å². The number of hydrogen-bond donors (Lipinski definition) is 0. The van der Waals surface area contributed by atoms with Gasteiger partial charge in [0.2, 0.25) is 12.6 Å². The monoisotopic (exact) mass is 250 g/mol. The van der Waals surface area contributed by atoms with Crippen LogP contribution in [0.5, 0.6) is 0 Å². The van der Waals surface area contributed by atoms with Crippen molar-refractivity contribution in [3.05, 3.63) is 62.2 Å². The van der Waals surface area contributed by atoms with Crippen molar-refractivity contribution in [1.82, 2.24) is 0 Å². The Morgan fingerprint density at radius 1 is 1.22 bits per heavy atom. The number of nitro groups is 2. The van der Waals surface area contributed by atoms with Gasteiger partial charge < -0.3 is 0 Å². The van der Waals surface area contributed by atoms with Gasteiger partial charge in [-0.2, -0.15) is 0 Å². The molecular formula is C12H14N2O4. The maximum Gasteiger partial charge on any atom is 0.222 e. The Morgan fingerprint density at radius 3 is 2.33 bits per heavy atom. The summed E-state index contributed by atoms with van der Waals surface area (Å²) in [4.78, 5) is 20.2. The van der Waals surface area contributed by atoms with Gasteiger partial charge in [-0.15, -0.1) is 0 Å². The van der Waals surface area contributed by atoms with Gasteiger partial charge in [0, 0.05) is 16.8 Å². The largest absolute Gasteiger partial charge is 0.265 e. The minimum Gasteiger partial charge on any atom is -0.265 e. The summed E-state index contributed by atoms with van der Waals surface area (Å²) >= 11 is 0. The highest BCUT2D eigenvalue weighted by Crippen LogP contribution is 2.12. The summed E-state index contributed by atoms with van der Waals surface area (Å²) in [7, 11) is 0. The summed E-state index contributed by atoms with van der Waals surface area (Å²) in [6.07, 6.45) is 3.21. The molecule has 0 aromatic heterocycles. The van der Waals surface area contributed by atoms with E-state index in [-0.39, 0.29) is 0 Å². The maximum absolute atomic E-state index is 10.7. The summed E-state index contributed by atoms with van der Waals surface area (Å²) < 4.78 is 0. The molecule has 1 aromatic rings. The first kappa shape index (κ1) is 13.8. The van der Waals surface area contributed by atoms with Gasteiger partial charge >= 0.3 is 0 Å². The van der Waals surface area contributed by atoms with Crippen molar-refractivity contribution < 1.29 is 9.85 Å². The van der Waals surface area contributed by atoms with E-state index < -0.39 is 28.4 Å². The quantitative estimate of drug-likeness (QED) is 0.572. The lowest BCUT2D eigenvalue weighted by molar-refractivity contribution is -0.547. The molecule has 0 spiro atoms. The van der Waals surface area contributed by atoms with Gasteiger partial charge in [-0.05, 0) is 5.56 Å². The van der Waals surface area contributed by atoms with E-state index >= 15 is 0 Å². The predicted octanol–water partition coefficient (Wildman–Crippen LogP) is 2.26. The number of nitrogens with zero attached hydrogens (tertiary/aromatic N) is 2. The van der Waals surface area contributed by atoms with Gasteiger partial charge in [0.1, 0.15) is 5.92 Å². The van der Waals surface area contributed by atoms with E-state index in [9.17, 15) is 20.2 Å². The Morgan fingerprint density at radius 2 is 1.83 bits per heavy atom. The van der Waals surface area contributed by atoms with Crippen LogP contribution in [-0.2, 0) is 0 Å². The summed E-state index contributed by atoms with van der Waals surface area (Å²) in [6, 6.07) is 8.20. The van der Waals surface area contributed by atoms with Crippen molar-refractivity contribution in [2.45, 2.75) is 13.0 Å². The fourth-order valence-electron chi connectivity index (χ4n) is 1.50. The highest BCUT2D eigenvalue weighted by Gasteiger charge is 2.28. The molecule has 0 aliphatic carbocycles. The van der Waals surface area contributed by atoms with Crippen molar-refractivity contribution in [1.29, 1.82) is 0 Å². The molecule has 0 aliphatic heterocycles. The van der Waals surface area contributed by atoms with Crippen LogP contribution in [0.25, 0.3) is 6.08 Å². The van der Waals surface area contributed by atoms with E-state index in [1.165, 1.54) is 13.0 Å². The first-order valence-corrected chi connectivity index (χ1v) is 5.49. The molecule has 1 rings (SSSR count). The Bertz CT molecular complexity index is 445. The first-order chi connectivity index (χ1) is 8.50. The first-order valence-electron chi connectivity index (χ1n) is 5.49. The third-order valence-corrected chi connectivity index (χ3v) is 2.65. The molecule has 6 heteroatoms. The van der Waals surface area contributed by atoms with Crippen molar-refractivity contribution in [2.24, 2.45) is 5.92 Å². The van der Waals surface area contributed by atoms with E-state index in [2.05, 4.69) is 0 Å². The van der Waals surface area contributed by atoms with Crippen LogP contribution < -0.4 is 0 Å². The molecule has 0 N–H and O–H groups in total. The molecule has 18 heavy (non-hydrogen) atoms. The molecule has 0 heterocycles. The molecule has 0 amide bonds. The van der Waals surface area contributed by atoms with Crippen molar-refractivity contribution in [3.8, 4) is 0 Å². The SMILES string of the molecule is C[C@H]([C@H](/C=C/c1ccccc1)C[N+](=O)[O-])[N+](=O)[O-]. The van der Waals surface area contributed by atoms with Gasteiger partial charge in [-0.1, -0.05) is 42.5 Å². The number of benzene rings is 1. The lowest BCUT2D eigenvalue weighted by Gasteiger charge is -2.09. The Balaban J connectivity index is 2.81. The van der Waals surface area contributed by atoms with E-state index in [0.717, 1.165) is 5.56 Å². The Labute approximate surface area is 104 Å². The zero-order valence-electron chi connectivity index (χ0n) is 9.93. The average Bonchev–Trinajstić information content (AvgIpc) is 2.34. The smallest absolute Gasteiger partial charge is 0.222 e. The van der Waals surface area contributed by atoms with E-state index in [0.29, 0.717) is 0 Å². The molecule has 0 saturated carbocycles. The van der Waals surface area contributed by atoms with Gasteiger partial charge in [0.05, 0.1) is 0 Å². The van der Waals surface area contributed by atoms with Crippen LogP contribution in [0.1, 0.15) is 12.5 Å². The van der Waals surface area contributed by atoms with Crippen LogP contribution in [0, 0.1) is 26.1 Å². The minimum absolute atomic E-state index is 0.439. The predicted molar refractivity (Wildman–Crippen MR) is 67.3 cm³/mol. The summed E-state index contributed by atoms with van der Waals surface area (Å²) in [6.45, 7) is 0.939. The second-order valence-electron chi connectivity index (χ2n) is 3.97. The summed E-state index contributed by atoms with van der Waals surface area (Å²) in [5, 5.41) is 21.2. The lowest BCUT2D eigenvalue weighted by atomic mass is 10.0. The molecule has 0 fully saturated rings. The van der Waals surface area contributed by atoms with Crippen LogP contribution in [0.3, 0.4) is 0 Å². The van der Waals surface area contributed by atoms with Crippen LogP contribution in [0.15, 0.2) is 36.4 Å². The van der Waals surface area contributed by atoms with E-state index in [4.69, 9.17) is 0 Å². The third-order valence-electron chi connectivity index (χ3n) is 2.65. The fourth-order valence-corrected chi connectivity index (χ4v) is 1.50. The molecule has 96 valence electrons. The molecule has 6 nitrogen and oxygen atoms in total. The molecular weight excluding hydrogens is 236 g/mol. The van der Waals surface area contributed by atoms with Crippen LogP contribution in [0.4, 0.5) is 0 Å². The number of rotatable bonds is 6. The summed E-state index contributed by atoms with van der Waals surface area (Å²) in [5.74, 6) is -0.713. The molecule has 0 radical (unpaired) electrons. The highest BCUT2D eigenvalue weighted by molar-refractivity contribution is 5.49. The minimum atomic E-state index is -0.977. The van der Waals surface area contributed by atoms with Crippen molar-refractivity contribution in [2.75, 3.05) is 6.54 Å². The molecule has 0 unspecified atom stereocenters. The summed E-state index contributed by atoms with van der Waals surface area (Å²) in [5.41, 5.74) is 0.862. The second-order valence-corrected chi connectivity index (χ2v) is 3.97. The van der Waals surface area contributed by atoms with Gasteiger partial charge in [-0.3, -0.25) is 20.2 Å². The zero-order chi connectivity index (χ0) is 13.5. The normalized spacial score (nSPS) is 14.3. The second kappa shape index (κ2) is 6.48. The number of hydrogen-bond acceptors (Lipinski definition) is 4. The Kier molecular flexibility index (Phi) is 4.98. The maximum atomic E-state index is 10.7. The average molecular weight is 250 g/mol. The molecule has 0 bridgehead atoms. The van der Waals surface area contributed by atoms with Gasteiger partial charge in [0.25, 0.3) is 0 Å². The molecule has 1 aromatic carbocycles.